The first-order valence-electron chi connectivity index (χ1n) is 10.1. The molecule has 1 aromatic heterocycles. The smallest absolute Gasteiger partial charge is 0.356 e. The third kappa shape index (κ3) is 3.19. The van der Waals surface area contributed by atoms with Crippen LogP contribution in [0.1, 0.15) is 45.7 Å². The molecule has 2 aliphatic rings. The van der Waals surface area contributed by atoms with Crippen LogP contribution in [0.25, 0.3) is 16.9 Å². The standard InChI is InChI=1S/C23H21N3O3S/c27-22(25-12-4-1-5-13-25)15-8-10-16(11-9-15)26-21-17-6-2-3-7-19(17)30-14-18(21)20(24-26)23(28)29/h2-3,6-11H,1,4-5,12-14H2,(H,28,29). The van der Waals surface area contributed by atoms with Gasteiger partial charge in [0, 0.05) is 40.4 Å². The number of fused-ring (bicyclic) bond motifs is 3. The van der Waals surface area contributed by atoms with Crippen molar-refractivity contribution >= 4 is 23.6 Å². The number of carbonyl (C=O) groups excluding carboxylic acids is 1. The molecule has 2 aliphatic heterocycles. The van der Waals surface area contributed by atoms with Crippen LogP contribution in [0.4, 0.5) is 0 Å². The molecule has 0 saturated carbocycles. The summed E-state index contributed by atoms with van der Waals surface area (Å²) in [6, 6.07) is 15.3. The van der Waals surface area contributed by atoms with Gasteiger partial charge in [0.1, 0.15) is 0 Å². The average Bonchev–Trinajstić information content (AvgIpc) is 3.20. The first-order valence-corrected chi connectivity index (χ1v) is 11.1. The van der Waals surface area contributed by atoms with Gasteiger partial charge in [-0.25, -0.2) is 9.48 Å². The molecule has 0 aliphatic carbocycles. The molecule has 1 N–H and O–H groups in total. The van der Waals surface area contributed by atoms with E-state index in [-0.39, 0.29) is 11.6 Å². The molecule has 30 heavy (non-hydrogen) atoms. The average molecular weight is 420 g/mol. The van der Waals surface area contributed by atoms with Crippen molar-refractivity contribution < 1.29 is 14.7 Å². The number of likely N-dealkylation sites (tertiary alicyclic amines) is 1. The van der Waals surface area contributed by atoms with E-state index >= 15 is 0 Å². The summed E-state index contributed by atoms with van der Waals surface area (Å²) in [5.41, 5.74) is 4.01. The Morgan fingerprint density at radius 1 is 0.967 bits per heavy atom. The number of benzene rings is 2. The van der Waals surface area contributed by atoms with Crippen molar-refractivity contribution in [3.05, 3.63) is 65.4 Å². The summed E-state index contributed by atoms with van der Waals surface area (Å²) < 4.78 is 1.70. The molecule has 0 unspecified atom stereocenters. The molecule has 0 atom stereocenters. The van der Waals surface area contributed by atoms with Crippen LogP contribution in [0.3, 0.4) is 0 Å². The SMILES string of the molecule is O=C(O)c1nn(-c2ccc(C(=O)N3CCCCC3)cc2)c2c1CSc1ccccc1-2. The van der Waals surface area contributed by atoms with Crippen LogP contribution in [-0.2, 0) is 5.75 Å². The lowest BCUT2D eigenvalue weighted by molar-refractivity contribution is 0.0687. The Balaban J connectivity index is 1.55. The number of aromatic carboxylic acids is 1. The molecule has 3 heterocycles. The van der Waals surface area contributed by atoms with Gasteiger partial charge in [-0.05, 0) is 49.6 Å². The van der Waals surface area contributed by atoms with Gasteiger partial charge in [0.25, 0.3) is 5.91 Å². The van der Waals surface area contributed by atoms with E-state index in [1.165, 1.54) is 6.42 Å². The van der Waals surface area contributed by atoms with Gasteiger partial charge in [-0.3, -0.25) is 4.79 Å². The first-order chi connectivity index (χ1) is 14.6. The van der Waals surface area contributed by atoms with Crippen molar-refractivity contribution in [2.24, 2.45) is 0 Å². The molecule has 6 nitrogen and oxygen atoms in total. The van der Waals surface area contributed by atoms with Gasteiger partial charge >= 0.3 is 5.97 Å². The topological polar surface area (TPSA) is 75.4 Å². The molecule has 152 valence electrons. The maximum Gasteiger partial charge on any atom is 0.356 e. The highest BCUT2D eigenvalue weighted by molar-refractivity contribution is 7.98. The van der Waals surface area contributed by atoms with Crippen molar-refractivity contribution in [2.45, 2.75) is 29.9 Å². The third-order valence-electron chi connectivity index (χ3n) is 5.70. The van der Waals surface area contributed by atoms with E-state index in [1.807, 2.05) is 53.4 Å². The lowest BCUT2D eigenvalue weighted by Gasteiger charge is -2.26. The number of thioether (sulfide) groups is 1. The van der Waals surface area contributed by atoms with E-state index in [0.29, 0.717) is 11.3 Å². The highest BCUT2D eigenvalue weighted by atomic mass is 32.2. The Morgan fingerprint density at radius 2 is 1.70 bits per heavy atom. The van der Waals surface area contributed by atoms with Crippen molar-refractivity contribution in [3.63, 3.8) is 0 Å². The van der Waals surface area contributed by atoms with E-state index in [9.17, 15) is 14.7 Å². The monoisotopic (exact) mass is 419 g/mol. The zero-order valence-electron chi connectivity index (χ0n) is 16.4. The number of rotatable bonds is 3. The maximum absolute atomic E-state index is 12.8. The lowest BCUT2D eigenvalue weighted by atomic mass is 10.1. The maximum atomic E-state index is 12.8. The Hall–Kier alpha value is -3.06. The van der Waals surface area contributed by atoms with Gasteiger partial charge in [0.2, 0.25) is 0 Å². The van der Waals surface area contributed by atoms with E-state index in [4.69, 9.17) is 0 Å². The molecule has 5 rings (SSSR count). The van der Waals surface area contributed by atoms with Gasteiger partial charge in [0.15, 0.2) is 5.69 Å². The summed E-state index contributed by atoms with van der Waals surface area (Å²) in [5, 5.41) is 14.1. The molecule has 1 fully saturated rings. The fourth-order valence-corrected chi connectivity index (χ4v) is 5.25. The van der Waals surface area contributed by atoms with Crippen LogP contribution in [-0.4, -0.2) is 44.8 Å². The van der Waals surface area contributed by atoms with Crippen LogP contribution in [0.5, 0.6) is 0 Å². The molecule has 1 amide bonds. The highest BCUT2D eigenvalue weighted by Gasteiger charge is 2.29. The number of hydrogen-bond acceptors (Lipinski definition) is 4. The van der Waals surface area contributed by atoms with Gasteiger partial charge in [0.05, 0.1) is 11.4 Å². The molecule has 1 saturated heterocycles. The van der Waals surface area contributed by atoms with Crippen LogP contribution < -0.4 is 0 Å². The molecule has 3 aromatic rings. The number of nitrogens with zero attached hydrogens (tertiary/aromatic N) is 3. The number of hydrogen-bond donors (Lipinski definition) is 1. The lowest BCUT2D eigenvalue weighted by Crippen LogP contribution is -2.35. The highest BCUT2D eigenvalue weighted by Crippen LogP contribution is 2.43. The Labute approximate surface area is 178 Å². The van der Waals surface area contributed by atoms with E-state index in [2.05, 4.69) is 5.10 Å². The van der Waals surface area contributed by atoms with Crippen molar-refractivity contribution in [1.29, 1.82) is 0 Å². The number of carbonyl (C=O) groups is 2. The second-order valence-electron chi connectivity index (χ2n) is 7.58. The van der Waals surface area contributed by atoms with Gasteiger partial charge in [-0.2, -0.15) is 5.10 Å². The van der Waals surface area contributed by atoms with E-state index in [1.54, 1.807) is 16.4 Å². The largest absolute Gasteiger partial charge is 0.476 e. The molecule has 0 spiro atoms. The van der Waals surface area contributed by atoms with Gasteiger partial charge in [-0.15, -0.1) is 11.8 Å². The number of carboxylic acid groups (broad SMARTS) is 1. The predicted octanol–water partition coefficient (Wildman–Crippen LogP) is 4.47. The predicted molar refractivity (Wildman–Crippen MR) is 115 cm³/mol. The van der Waals surface area contributed by atoms with Crippen molar-refractivity contribution in [3.8, 4) is 16.9 Å². The van der Waals surface area contributed by atoms with Crippen LogP contribution >= 0.6 is 11.8 Å². The first kappa shape index (κ1) is 18.9. The minimum Gasteiger partial charge on any atom is -0.476 e. The second kappa shape index (κ2) is 7.65. The molecular weight excluding hydrogens is 398 g/mol. The van der Waals surface area contributed by atoms with Gasteiger partial charge < -0.3 is 10.0 Å². The minimum atomic E-state index is -1.03. The van der Waals surface area contributed by atoms with E-state index < -0.39 is 5.97 Å². The fourth-order valence-electron chi connectivity index (χ4n) is 4.19. The van der Waals surface area contributed by atoms with Crippen molar-refractivity contribution in [2.75, 3.05) is 13.1 Å². The second-order valence-corrected chi connectivity index (χ2v) is 8.59. The minimum absolute atomic E-state index is 0.0525. The molecular formula is C23H21N3O3S. The number of amides is 1. The van der Waals surface area contributed by atoms with Gasteiger partial charge in [-0.1, -0.05) is 18.2 Å². The fraction of sp³-hybridized carbons (Fsp3) is 0.261. The van der Waals surface area contributed by atoms with Crippen LogP contribution in [0.15, 0.2) is 53.4 Å². The number of carboxylic acids is 1. The normalized spacial score (nSPS) is 15.4. The number of aromatic nitrogens is 2. The zero-order valence-corrected chi connectivity index (χ0v) is 17.2. The zero-order chi connectivity index (χ0) is 20.7. The Morgan fingerprint density at radius 3 is 2.43 bits per heavy atom. The van der Waals surface area contributed by atoms with Crippen LogP contribution in [0, 0.1) is 0 Å². The molecule has 0 radical (unpaired) electrons. The Bertz CT molecular complexity index is 1130. The van der Waals surface area contributed by atoms with E-state index in [0.717, 1.165) is 53.3 Å². The summed E-state index contributed by atoms with van der Waals surface area (Å²) in [5.74, 6) is -0.405. The molecule has 7 heteroatoms. The summed E-state index contributed by atoms with van der Waals surface area (Å²) in [6.07, 6.45) is 3.29. The summed E-state index contributed by atoms with van der Waals surface area (Å²) in [4.78, 5) is 27.6. The van der Waals surface area contributed by atoms with Crippen molar-refractivity contribution in [1.82, 2.24) is 14.7 Å². The summed E-state index contributed by atoms with van der Waals surface area (Å²) in [7, 11) is 0. The van der Waals surface area contributed by atoms with Crippen LogP contribution in [0.2, 0.25) is 0 Å². The number of piperidine rings is 1. The summed E-state index contributed by atoms with van der Waals surface area (Å²) in [6.45, 7) is 1.62. The quantitative estimate of drug-likeness (QED) is 0.678. The molecule has 2 aromatic carbocycles. The summed E-state index contributed by atoms with van der Waals surface area (Å²) >= 11 is 1.63. The Kier molecular flexibility index (Phi) is 4.83. The third-order valence-corrected chi connectivity index (χ3v) is 6.80. The molecule has 0 bridgehead atoms.